The van der Waals surface area contributed by atoms with Gasteiger partial charge in [-0.25, -0.2) is 4.98 Å². The van der Waals surface area contributed by atoms with E-state index in [0.29, 0.717) is 23.6 Å². The first-order valence-corrected chi connectivity index (χ1v) is 9.83. The van der Waals surface area contributed by atoms with Crippen LogP contribution >= 0.6 is 0 Å². The molecule has 152 valence electrons. The Hall–Kier alpha value is -3.74. The normalized spacial score (nSPS) is 13.9. The average molecular weight is 401 g/mol. The number of hydrogen-bond acceptors (Lipinski definition) is 5. The summed E-state index contributed by atoms with van der Waals surface area (Å²) in [6, 6.07) is 15.1. The number of amides is 2. The third-order valence-electron chi connectivity index (χ3n) is 5.04. The van der Waals surface area contributed by atoms with Gasteiger partial charge in [0, 0.05) is 12.4 Å². The lowest BCUT2D eigenvalue weighted by Gasteiger charge is -2.30. The van der Waals surface area contributed by atoms with E-state index in [1.165, 1.54) is 6.20 Å². The molecule has 2 amide bonds. The van der Waals surface area contributed by atoms with Gasteiger partial charge in [0.2, 0.25) is 5.91 Å². The minimum absolute atomic E-state index is 0.0666. The molecule has 30 heavy (non-hydrogen) atoms. The molecule has 1 aliphatic heterocycles. The van der Waals surface area contributed by atoms with Crippen molar-refractivity contribution in [3.8, 4) is 0 Å². The van der Waals surface area contributed by atoms with Crippen LogP contribution in [-0.4, -0.2) is 28.3 Å². The monoisotopic (exact) mass is 401 g/mol. The number of nitrogens with zero attached hydrogens (tertiary/aromatic N) is 3. The number of aryl methyl sites for hydroxylation is 1. The van der Waals surface area contributed by atoms with Crippen LogP contribution in [0.2, 0.25) is 0 Å². The molecule has 3 aromatic rings. The van der Waals surface area contributed by atoms with Crippen molar-refractivity contribution in [3.63, 3.8) is 0 Å². The maximum Gasteiger partial charge on any atom is 0.253 e. The Kier molecular flexibility index (Phi) is 5.43. The number of pyridine rings is 2. The highest BCUT2D eigenvalue weighted by atomic mass is 16.2. The van der Waals surface area contributed by atoms with Gasteiger partial charge in [-0.15, -0.1) is 0 Å². The summed E-state index contributed by atoms with van der Waals surface area (Å²) in [6.45, 7) is 4.47. The maximum absolute atomic E-state index is 12.8. The Morgan fingerprint density at radius 2 is 2.00 bits per heavy atom. The van der Waals surface area contributed by atoms with E-state index in [1.807, 2.05) is 56.3 Å². The highest BCUT2D eigenvalue weighted by Gasteiger charge is 2.26. The first-order chi connectivity index (χ1) is 14.5. The van der Waals surface area contributed by atoms with Crippen molar-refractivity contribution >= 4 is 23.3 Å². The minimum atomic E-state index is -0.265. The van der Waals surface area contributed by atoms with Crippen LogP contribution in [0.5, 0.6) is 0 Å². The van der Waals surface area contributed by atoms with Gasteiger partial charge < -0.3 is 15.5 Å². The first kappa shape index (κ1) is 19.6. The van der Waals surface area contributed by atoms with Crippen LogP contribution in [-0.2, 0) is 11.3 Å². The molecule has 2 aromatic heterocycles. The summed E-state index contributed by atoms with van der Waals surface area (Å²) >= 11 is 0. The average Bonchev–Trinajstić information content (AvgIpc) is 2.76. The molecule has 0 aliphatic carbocycles. The molecule has 1 atom stereocenters. The quantitative estimate of drug-likeness (QED) is 0.685. The fourth-order valence-corrected chi connectivity index (χ4v) is 3.40. The highest BCUT2D eigenvalue weighted by Crippen LogP contribution is 2.30. The molecule has 0 radical (unpaired) electrons. The number of carbonyl (C=O) groups is 2. The van der Waals surface area contributed by atoms with Gasteiger partial charge in [-0.3, -0.25) is 14.6 Å². The molecule has 0 bridgehead atoms. The SMILES string of the molecule is Cc1ccnc(C(C)NC(=O)c2cnc3c(c2)N(Cc2ccccc2)C(=O)CN3)c1. The van der Waals surface area contributed by atoms with Crippen molar-refractivity contribution in [2.75, 3.05) is 16.8 Å². The van der Waals surface area contributed by atoms with Gasteiger partial charge in [-0.1, -0.05) is 30.3 Å². The van der Waals surface area contributed by atoms with Crippen molar-refractivity contribution in [2.45, 2.75) is 26.4 Å². The van der Waals surface area contributed by atoms with Crippen LogP contribution < -0.4 is 15.5 Å². The highest BCUT2D eigenvalue weighted by molar-refractivity contribution is 6.04. The van der Waals surface area contributed by atoms with Crippen LogP contribution in [0.4, 0.5) is 11.5 Å². The Bertz CT molecular complexity index is 1080. The number of nitrogens with one attached hydrogen (secondary N) is 2. The molecule has 0 saturated carbocycles. The smallest absolute Gasteiger partial charge is 0.253 e. The third-order valence-corrected chi connectivity index (χ3v) is 5.04. The molecular weight excluding hydrogens is 378 g/mol. The molecule has 1 aliphatic rings. The predicted octanol–water partition coefficient (Wildman–Crippen LogP) is 3.23. The third kappa shape index (κ3) is 4.15. The fraction of sp³-hybridized carbons (Fsp3) is 0.217. The van der Waals surface area contributed by atoms with Gasteiger partial charge in [0.25, 0.3) is 5.91 Å². The van der Waals surface area contributed by atoms with E-state index in [4.69, 9.17) is 0 Å². The first-order valence-electron chi connectivity index (χ1n) is 9.83. The lowest BCUT2D eigenvalue weighted by molar-refractivity contribution is -0.117. The summed E-state index contributed by atoms with van der Waals surface area (Å²) < 4.78 is 0. The largest absolute Gasteiger partial charge is 0.359 e. The van der Waals surface area contributed by atoms with Gasteiger partial charge in [0.1, 0.15) is 0 Å². The summed E-state index contributed by atoms with van der Waals surface area (Å²) in [6.07, 6.45) is 3.25. The van der Waals surface area contributed by atoms with E-state index in [2.05, 4.69) is 20.6 Å². The van der Waals surface area contributed by atoms with E-state index in [-0.39, 0.29) is 24.4 Å². The molecule has 1 unspecified atom stereocenters. The van der Waals surface area contributed by atoms with Crippen LogP contribution in [0.25, 0.3) is 0 Å². The molecule has 3 heterocycles. The Morgan fingerprint density at radius 3 is 2.77 bits per heavy atom. The minimum Gasteiger partial charge on any atom is -0.359 e. The van der Waals surface area contributed by atoms with E-state index >= 15 is 0 Å². The summed E-state index contributed by atoms with van der Waals surface area (Å²) in [7, 11) is 0. The second kappa shape index (κ2) is 8.32. The Labute approximate surface area is 175 Å². The molecule has 4 rings (SSSR count). The summed E-state index contributed by atoms with van der Waals surface area (Å²) in [5, 5.41) is 5.98. The van der Waals surface area contributed by atoms with E-state index in [9.17, 15) is 9.59 Å². The van der Waals surface area contributed by atoms with Crippen molar-refractivity contribution in [1.29, 1.82) is 0 Å². The molecule has 7 heteroatoms. The van der Waals surface area contributed by atoms with Gasteiger partial charge in [0.05, 0.1) is 36.1 Å². The molecule has 0 spiro atoms. The summed E-state index contributed by atoms with van der Waals surface area (Å²) in [5.74, 6) is 0.261. The number of anilines is 2. The summed E-state index contributed by atoms with van der Waals surface area (Å²) in [4.78, 5) is 35.8. The number of hydrogen-bond donors (Lipinski definition) is 2. The molecule has 1 aromatic carbocycles. The predicted molar refractivity (Wildman–Crippen MR) is 115 cm³/mol. The zero-order valence-corrected chi connectivity index (χ0v) is 16.9. The zero-order valence-electron chi connectivity index (χ0n) is 16.9. The van der Waals surface area contributed by atoms with Crippen molar-refractivity contribution in [1.82, 2.24) is 15.3 Å². The topological polar surface area (TPSA) is 87.2 Å². The fourth-order valence-electron chi connectivity index (χ4n) is 3.40. The van der Waals surface area contributed by atoms with Crippen LogP contribution in [0.15, 0.2) is 60.9 Å². The van der Waals surface area contributed by atoms with Gasteiger partial charge in [0.15, 0.2) is 5.82 Å². The molecule has 0 saturated heterocycles. The van der Waals surface area contributed by atoms with Crippen LogP contribution in [0.3, 0.4) is 0 Å². The van der Waals surface area contributed by atoms with Crippen molar-refractivity contribution in [2.24, 2.45) is 0 Å². The maximum atomic E-state index is 12.8. The van der Waals surface area contributed by atoms with Crippen LogP contribution in [0, 0.1) is 6.92 Å². The molecule has 0 fully saturated rings. The van der Waals surface area contributed by atoms with E-state index < -0.39 is 0 Å². The standard InChI is InChI=1S/C23H23N5O2/c1-15-8-9-24-19(10-15)16(2)27-23(30)18-11-20-22(25-12-18)26-13-21(29)28(20)14-17-6-4-3-5-7-17/h3-12,16H,13-14H2,1-2H3,(H,25,26)(H,27,30). The number of carbonyl (C=O) groups excluding carboxylic acids is 2. The van der Waals surface area contributed by atoms with Crippen LogP contribution in [0.1, 0.15) is 40.1 Å². The van der Waals surface area contributed by atoms with E-state index in [1.54, 1.807) is 17.2 Å². The molecular formula is C23H23N5O2. The lowest BCUT2D eigenvalue weighted by Crippen LogP contribution is -2.40. The molecule has 2 N–H and O–H groups in total. The number of fused-ring (bicyclic) bond motifs is 1. The summed E-state index contributed by atoms with van der Waals surface area (Å²) in [5.41, 5.74) is 3.87. The number of aromatic nitrogens is 2. The molecule has 7 nitrogen and oxygen atoms in total. The Morgan fingerprint density at radius 1 is 1.20 bits per heavy atom. The van der Waals surface area contributed by atoms with Gasteiger partial charge in [-0.2, -0.15) is 0 Å². The lowest BCUT2D eigenvalue weighted by atomic mass is 10.1. The second-order valence-electron chi connectivity index (χ2n) is 7.36. The number of rotatable bonds is 5. The van der Waals surface area contributed by atoms with Gasteiger partial charge >= 0.3 is 0 Å². The van der Waals surface area contributed by atoms with E-state index in [0.717, 1.165) is 16.8 Å². The van der Waals surface area contributed by atoms with Gasteiger partial charge in [-0.05, 0) is 43.2 Å². The number of benzene rings is 1. The second-order valence-corrected chi connectivity index (χ2v) is 7.36. The zero-order chi connectivity index (χ0) is 21.1. The Balaban J connectivity index is 1.57. The van der Waals surface area contributed by atoms with Crippen molar-refractivity contribution < 1.29 is 9.59 Å². The van der Waals surface area contributed by atoms with Crippen molar-refractivity contribution in [3.05, 3.63) is 83.3 Å².